The van der Waals surface area contributed by atoms with Crippen molar-refractivity contribution in [2.75, 3.05) is 0 Å². The van der Waals surface area contributed by atoms with Crippen molar-refractivity contribution in [3.8, 4) is 11.8 Å². The highest BCUT2D eigenvalue weighted by molar-refractivity contribution is 4.95. The van der Waals surface area contributed by atoms with E-state index in [1.54, 1.807) is 0 Å². The van der Waals surface area contributed by atoms with Gasteiger partial charge in [-0.05, 0) is 25.7 Å². The summed E-state index contributed by atoms with van der Waals surface area (Å²) in [6.07, 6.45) is 2.62. The average molecular weight is 154 g/mol. The first kappa shape index (κ1) is 10.5. The molecular weight excluding hydrogens is 136 g/mol. The Balaban J connectivity index is 3.48. The molecule has 0 aliphatic carbocycles. The zero-order valence-corrected chi connectivity index (χ0v) is 7.72. The van der Waals surface area contributed by atoms with Crippen molar-refractivity contribution in [1.29, 1.82) is 0 Å². The summed E-state index contributed by atoms with van der Waals surface area (Å²) in [5.74, 6) is 6.24. The average Bonchev–Trinajstić information content (AvgIpc) is 2.03. The smallest absolute Gasteiger partial charge is 0.0563 e. The first-order valence-electron chi connectivity index (χ1n) is 4.30. The minimum atomic E-state index is -0.145. The van der Waals surface area contributed by atoms with Crippen molar-refractivity contribution >= 4 is 0 Å². The van der Waals surface area contributed by atoms with Crippen LogP contribution in [0, 0.1) is 17.8 Å². The summed E-state index contributed by atoms with van der Waals surface area (Å²) in [4.78, 5) is 0. The van der Waals surface area contributed by atoms with Gasteiger partial charge in [0.05, 0.1) is 6.10 Å². The molecule has 0 bridgehead atoms. The first-order valence-corrected chi connectivity index (χ1v) is 4.30. The Morgan fingerprint density at radius 2 is 2.09 bits per heavy atom. The van der Waals surface area contributed by atoms with E-state index >= 15 is 0 Å². The SMILES string of the molecule is CC#CCCC(C)C(O)CC. The monoisotopic (exact) mass is 154 g/mol. The summed E-state index contributed by atoms with van der Waals surface area (Å²) in [7, 11) is 0. The van der Waals surface area contributed by atoms with E-state index in [4.69, 9.17) is 0 Å². The van der Waals surface area contributed by atoms with Gasteiger partial charge in [-0.1, -0.05) is 13.8 Å². The van der Waals surface area contributed by atoms with Gasteiger partial charge in [0.2, 0.25) is 0 Å². The molecule has 0 saturated heterocycles. The summed E-state index contributed by atoms with van der Waals surface area (Å²) in [5.41, 5.74) is 0. The van der Waals surface area contributed by atoms with Crippen LogP contribution < -0.4 is 0 Å². The fourth-order valence-corrected chi connectivity index (χ4v) is 1.02. The molecule has 0 aromatic heterocycles. The highest BCUT2D eigenvalue weighted by Crippen LogP contribution is 2.12. The van der Waals surface area contributed by atoms with E-state index in [9.17, 15) is 5.11 Å². The van der Waals surface area contributed by atoms with Gasteiger partial charge in [0.1, 0.15) is 0 Å². The van der Waals surface area contributed by atoms with Crippen LogP contribution in [0.15, 0.2) is 0 Å². The Morgan fingerprint density at radius 3 is 2.55 bits per heavy atom. The van der Waals surface area contributed by atoms with Gasteiger partial charge in [0, 0.05) is 6.42 Å². The molecule has 2 atom stereocenters. The van der Waals surface area contributed by atoms with Crippen LogP contribution in [0.2, 0.25) is 0 Å². The van der Waals surface area contributed by atoms with E-state index in [0.717, 1.165) is 19.3 Å². The van der Waals surface area contributed by atoms with Crippen LogP contribution >= 0.6 is 0 Å². The highest BCUT2D eigenvalue weighted by atomic mass is 16.3. The van der Waals surface area contributed by atoms with E-state index in [2.05, 4.69) is 18.8 Å². The lowest BCUT2D eigenvalue weighted by Crippen LogP contribution is -2.15. The third kappa shape index (κ3) is 4.86. The molecule has 1 N–H and O–H groups in total. The molecule has 0 spiro atoms. The van der Waals surface area contributed by atoms with Gasteiger partial charge in [0.15, 0.2) is 0 Å². The first-order chi connectivity index (χ1) is 5.22. The minimum absolute atomic E-state index is 0.145. The third-order valence-electron chi connectivity index (χ3n) is 1.98. The van der Waals surface area contributed by atoms with Crippen molar-refractivity contribution in [1.82, 2.24) is 0 Å². The predicted molar refractivity (Wildman–Crippen MR) is 48.1 cm³/mol. The molecule has 0 fully saturated rings. The van der Waals surface area contributed by atoms with E-state index in [-0.39, 0.29) is 6.10 Å². The maximum atomic E-state index is 9.38. The van der Waals surface area contributed by atoms with E-state index in [1.165, 1.54) is 0 Å². The van der Waals surface area contributed by atoms with Crippen molar-refractivity contribution < 1.29 is 5.11 Å². The van der Waals surface area contributed by atoms with Crippen molar-refractivity contribution in [2.24, 2.45) is 5.92 Å². The number of hydrogen-bond donors (Lipinski definition) is 1. The highest BCUT2D eigenvalue weighted by Gasteiger charge is 2.09. The van der Waals surface area contributed by atoms with Gasteiger partial charge in [-0.25, -0.2) is 0 Å². The summed E-state index contributed by atoms with van der Waals surface area (Å²) in [6, 6.07) is 0. The molecule has 1 nitrogen and oxygen atoms in total. The maximum Gasteiger partial charge on any atom is 0.0563 e. The van der Waals surface area contributed by atoms with Gasteiger partial charge in [-0.2, -0.15) is 0 Å². The second kappa shape index (κ2) is 6.24. The van der Waals surface area contributed by atoms with Gasteiger partial charge < -0.3 is 5.11 Å². The van der Waals surface area contributed by atoms with E-state index in [0.29, 0.717) is 5.92 Å². The molecule has 1 heteroatoms. The second-order valence-electron chi connectivity index (χ2n) is 2.92. The van der Waals surface area contributed by atoms with Crippen LogP contribution in [-0.4, -0.2) is 11.2 Å². The minimum Gasteiger partial charge on any atom is -0.393 e. The summed E-state index contributed by atoms with van der Waals surface area (Å²) >= 11 is 0. The van der Waals surface area contributed by atoms with Gasteiger partial charge in [-0.15, -0.1) is 11.8 Å². The molecule has 0 amide bonds. The third-order valence-corrected chi connectivity index (χ3v) is 1.98. The Labute approximate surface area is 69.8 Å². The fourth-order valence-electron chi connectivity index (χ4n) is 1.02. The summed E-state index contributed by atoms with van der Waals surface area (Å²) in [6.45, 7) is 5.93. The summed E-state index contributed by atoms with van der Waals surface area (Å²) in [5, 5.41) is 9.38. The van der Waals surface area contributed by atoms with Crippen molar-refractivity contribution in [3.05, 3.63) is 0 Å². The Hall–Kier alpha value is -0.480. The Kier molecular flexibility index (Phi) is 5.97. The lowest BCUT2D eigenvalue weighted by Gasteiger charge is -2.15. The quantitative estimate of drug-likeness (QED) is 0.615. The topological polar surface area (TPSA) is 20.2 Å². The number of aliphatic hydroxyl groups is 1. The molecule has 0 heterocycles. The zero-order chi connectivity index (χ0) is 8.69. The standard InChI is InChI=1S/C10H18O/c1-4-6-7-8-9(3)10(11)5-2/h9-11H,5,7-8H2,1-3H3. The lowest BCUT2D eigenvalue weighted by molar-refractivity contribution is 0.109. The van der Waals surface area contributed by atoms with Crippen LogP contribution in [-0.2, 0) is 0 Å². The van der Waals surface area contributed by atoms with Crippen LogP contribution in [0.1, 0.15) is 40.0 Å². The zero-order valence-electron chi connectivity index (χ0n) is 7.72. The second-order valence-corrected chi connectivity index (χ2v) is 2.92. The van der Waals surface area contributed by atoms with Crippen LogP contribution in [0.3, 0.4) is 0 Å². The maximum absolute atomic E-state index is 9.38. The lowest BCUT2D eigenvalue weighted by atomic mass is 9.97. The largest absolute Gasteiger partial charge is 0.393 e. The number of rotatable bonds is 4. The molecule has 0 aromatic carbocycles. The fraction of sp³-hybridized carbons (Fsp3) is 0.800. The molecule has 2 unspecified atom stereocenters. The van der Waals surface area contributed by atoms with Crippen molar-refractivity contribution in [3.63, 3.8) is 0 Å². The van der Waals surface area contributed by atoms with Gasteiger partial charge >= 0.3 is 0 Å². The van der Waals surface area contributed by atoms with Crippen LogP contribution in [0.4, 0.5) is 0 Å². The van der Waals surface area contributed by atoms with Gasteiger partial charge in [-0.3, -0.25) is 0 Å². The number of aliphatic hydroxyl groups excluding tert-OH is 1. The van der Waals surface area contributed by atoms with E-state index < -0.39 is 0 Å². The van der Waals surface area contributed by atoms with Crippen LogP contribution in [0.25, 0.3) is 0 Å². The molecular formula is C10H18O. The van der Waals surface area contributed by atoms with Gasteiger partial charge in [0.25, 0.3) is 0 Å². The Bertz CT molecular complexity index is 141. The molecule has 64 valence electrons. The molecule has 0 radical (unpaired) electrons. The Morgan fingerprint density at radius 1 is 1.45 bits per heavy atom. The van der Waals surface area contributed by atoms with Crippen molar-refractivity contribution in [2.45, 2.75) is 46.1 Å². The molecule has 11 heavy (non-hydrogen) atoms. The molecule has 0 aliphatic rings. The van der Waals surface area contributed by atoms with E-state index in [1.807, 2.05) is 13.8 Å². The van der Waals surface area contributed by atoms with Crippen LogP contribution in [0.5, 0.6) is 0 Å². The molecule has 0 aromatic rings. The molecule has 0 saturated carbocycles. The number of hydrogen-bond acceptors (Lipinski definition) is 1. The normalized spacial score (nSPS) is 14.9. The predicted octanol–water partition coefficient (Wildman–Crippen LogP) is 2.20. The molecule has 0 rings (SSSR count). The molecule has 0 aliphatic heterocycles. The summed E-state index contributed by atoms with van der Waals surface area (Å²) < 4.78 is 0.